The molecule has 0 amide bonds. The van der Waals surface area contributed by atoms with Crippen molar-refractivity contribution in [3.8, 4) is 11.5 Å². The fourth-order valence-corrected chi connectivity index (χ4v) is 4.66. The quantitative estimate of drug-likeness (QED) is 0.272. The zero-order valence-electron chi connectivity index (χ0n) is 20.4. The van der Waals surface area contributed by atoms with E-state index in [-0.39, 0.29) is 33.8 Å². The molecule has 39 heavy (non-hydrogen) atoms. The van der Waals surface area contributed by atoms with Crippen LogP contribution in [0.15, 0.2) is 79.1 Å². The highest BCUT2D eigenvalue weighted by atomic mass is 19.1. The smallest absolute Gasteiger partial charge is 0.340 e. The number of fused-ring (bicyclic) bond motifs is 2. The van der Waals surface area contributed by atoms with Crippen LogP contribution in [0.4, 0.5) is 8.78 Å². The van der Waals surface area contributed by atoms with Gasteiger partial charge in [0.1, 0.15) is 29.3 Å². The van der Waals surface area contributed by atoms with Gasteiger partial charge in [0.15, 0.2) is 0 Å². The number of carboxylic acid groups (broad SMARTS) is 1. The van der Waals surface area contributed by atoms with Crippen LogP contribution in [-0.4, -0.2) is 41.7 Å². The molecule has 0 fully saturated rings. The van der Waals surface area contributed by atoms with Gasteiger partial charge in [0.2, 0.25) is 11.9 Å². The molecule has 0 spiro atoms. The van der Waals surface area contributed by atoms with Gasteiger partial charge in [0.05, 0.1) is 12.4 Å². The molecule has 4 aromatic rings. The number of carboxylic acids is 1. The Hall–Kier alpha value is -4.27. The normalized spacial score (nSPS) is 13.6. The summed E-state index contributed by atoms with van der Waals surface area (Å²) in [6.07, 6.45) is 6.05. The zero-order chi connectivity index (χ0) is 25.8. The first kappa shape index (κ1) is 29.3. The topological polar surface area (TPSA) is 81.5 Å². The molecule has 0 saturated heterocycles. The third-order valence-electron chi connectivity index (χ3n) is 6.38. The lowest BCUT2D eigenvalue weighted by molar-refractivity contribution is 0.0689. The van der Waals surface area contributed by atoms with Gasteiger partial charge in [-0.3, -0.25) is 0 Å². The number of aromatic nitrogens is 2. The molecule has 0 bridgehead atoms. The van der Waals surface area contributed by atoms with Gasteiger partial charge in [-0.25, -0.2) is 14.8 Å². The van der Waals surface area contributed by atoms with E-state index < -0.39 is 23.4 Å². The predicted octanol–water partition coefficient (Wildman–Crippen LogP) is 5.49. The Bertz CT molecular complexity index is 1370. The van der Waals surface area contributed by atoms with Gasteiger partial charge in [0.25, 0.3) is 0 Å². The Labute approximate surface area is 228 Å². The molecule has 0 aliphatic heterocycles. The SMILES string of the molecule is C.Fc1ccc(OC2Cc3ccccc3C2)cn1.O=C(O)c1cc(OC2Cc3ccccc3C2)cnc1F.[B]. The number of hydrogen-bond donors (Lipinski definition) is 1. The van der Waals surface area contributed by atoms with Crippen LogP contribution >= 0.6 is 0 Å². The van der Waals surface area contributed by atoms with Crippen LogP contribution in [-0.2, 0) is 25.7 Å². The molecule has 3 radical (unpaired) electrons. The molecule has 2 aliphatic carbocycles. The lowest BCUT2D eigenvalue weighted by Gasteiger charge is -2.13. The van der Waals surface area contributed by atoms with E-state index in [4.69, 9.17) is 14.6 Å². The van der Waals surface area contributed by atoms with Crippen molar-refractivity contribution in [2.24, 2.45) is 0 Å². The van der Waals surface area contributed by atoms with E-state index in [2.05, 4.69) is 22.1 Å². The number of benzene rings is 2. The van der Waals surface area contributed by atoms with Crippen LogP contribution in [0.1, 0.15) is 40.0 Å². The third kappa shape index (κ3) is 7.19. The van der Waals surface area contributed by atoms with Crippen molar-refractivity contribution in [3.05, 3.63) is 119 Å². The summed E-state index contributed by atoms with van der Waals surface area (Å²) in [4.78, 5) is 17.9. The van der Waals surface area contributed by atoms with Crippen LogP contribution in [0, 0.1) is 11.9 Å². The largest absolute Gasteiger partial charge is 0.488 e. The van der Waals surface area contributed by atoms with E-state index in [1.165, 1.54) is 46.8 Å². The number of hydrogen-bond acceptors (Lipinski definition) is 5. The van der Waals surface area contributed by atoms with Crippen molar-refractivity contribution in [3.63, 3.8) is 0 Å². The summed E-state index contributed by atoms with van der Waals surface area (Å²) in [6.45, 7) is 0. The summed E-state index contributed by atoms with van der Waals surface area (Å²) in [5, 5.41) is 8.86. The van der Waals surface area contributed by atoms with Gasteiger partial charge in [0, 0.05) is 40.2 Å². The first-order valence-corrected chi connectivity index (χ1v) is 11.9. The summed E-state index contributed by atoms with van der Waals surface area (Å²) >= 11 is 0. The average molecular weight is 529 g/mol. The average Bonchev–Trinajstić information content (AvgIpc) is 3.49. The van der Waals surface area contributed by atoms with Crippen molar-refractivity contribution < 1.29 is 28.2 Å². The predicted molar refractivity (Wildman–Crippen MR) is 144 cm³/mol. The minimum absolute atomic E-state index is 0. The lowest BCUT2D eigenvalue weighted by Crippen LogP contribution is -2.17. The number of carbonyl (C=O) groups is 1. The van der Waals surface area contributed by atoms with Crippen LogP contribution in [0.5, 0.6) is 11.5 Å². The molecule has 2 heterocycles. The highest BCUT2D eigenvalue weighted by Crippen LogP contribution is 2.27. The highest BCUT2D eigenvalue weighted by Gasteiger charge is 2.24. The van der Waals surface area contributed by atoms with Gasteiger partial charge < -0.3 is 14.6 Å². The van der Waals surface area contributed by atoms with Crippen LogP contribution in [0.25, 0.3) is 0 Å². The maximum absolute atomic E-state index is 13.2. The summed E-state index contributed by atoms with van der Waals surface area (Å²) in [6, 6.07) is 20.5. The van der Waals surface area contributed by atoms with Crippen molar-refractivity contribution in [1.29, 1.82) is 0 Å². The number of halogens is 2. The fourth-order valence-electron chi connectivity index (χ4n) is 4.66. The second-order valence-electron chi connectivity index (χ2n) is 8.96. The summed E-state index contributed by atoms with van der Waals surface area (Å²) in [5.41, 5.74) is 4.66. The van der Waals surface area contributed by atoms with E-state index in [0.717, 1.165) is 25.7 Å². The molecular weight excluding hydrogens is 501 g/mol. The molecular formula is C30H28BF2N2O4. The number of nitrogens with zero attached hydrogens (tertiary/aromatic N) is 2. The lowest BCUT2D eigenvalue weighted by atomic mass is 10.1. The Morgan fingerprint density at radius 1 is 0.744 bits per heavy atom. The number of aromatic carboxylic acids is 1. The van der Waals surface area contributed by atoms with E-state index in [9.17, 15) is 13.6 Å². The monoisotopic (exact) mass is 529 g/mol. The maximum Gasteiger partial charge on any atom is 0.340 e. The highest BCUT2D eigenvalue weighted by molar-refractivity contribution is 5.87. The zero-order valence-corrected chi connectivity index (χ0v) is 20.4. The van der Waals surface area contributed by atoms with Gasteiger partial charge in [-0.15, -0.1) is 0 Å². The Kier molecular flexibility index (Phi) is 9.76. The van der Waals surface area contributed by atoms with Crippen molar-refractivity contribution >= 4 is 14.4 Å². The summed E-state index contributed by atoms with van der Waals surface area (Å²) in [7, 11) is 0. The molecule has 2 aromatic carbocycles. The standard InChI is InChI=1S/C15H12FNO3.C14H12FNO.CH4.B/c16-14-13(15(18)19)7-12(8-17-14)20-11-5-9-3-1-2-4-10(9)6-11;15-14-6-5-12(9-16-14)17-13-7-10-3-1-2-4-11(10)8-13;;/h1-4,7-8,11H,5-6H2,(H,18,19);1-6,9,13H,7-8H2;1H4;. The molecule has 0 atom stereocenters. The molecule has 0 saturated carbocycles. The minimum Gasteiger partial charge on any atom is -0.488 e. The van der Waals surface area contributed by atoms with Gasteiger partial charge in [-0.2, -0.15) is 8.78 Å². The van der Waals surface area contributed by atoms with E-state index >= 15 is 0 Å². The van der Waals surface area contributed by atoms with Crippen molar-refractivity contribution in [2.45, 2.75) is 45.3 Å². The Morgan fingerprint density at radius 3 is 1.64 bits per heavy atom. The molecule has 2 aliphatic rings. The molecule has 1 N–H and O–H groups in total. The molecule has 199 valence electrons. The van der Waals surface area contributed by atoms with E-state index in [1.807, 2.05) is 36.4 Å². The van der Waals surface area contributed by atoms with Crippen molar-refractivity contribution in [2.75, 3.05) is 0 Å². The number of ether oxygens (including phenoxy) is 2. The molecule has 0 unspecified atom stereocenters. The molecule has 2 aromatic heterocycles. The summed E-state index contributed by atoms with van der Waals surface area (Å²) in [5.74, 6) is -1.92. The molecule has 9 heteroatoms. The Morgan fingerprint density at radius 2 is 1.21 bits per heavy atom. The summed E-state index contributed by atoms with van der Waals surface area (Å²) < 4.78 is 37.3. The first-order valence-electron chi connectivity index (χ1n) is 11.9. The third-order valence-corrected chi connectivity index (χ3v) is 6.38. The van der Waals surface area contributed by atoms with Gasteiger partial charge in [-0.1, -0.05) is 56.0 Å². The first-order chi connectivity index (χ1) is 17.9. The maximum atomic E-state index is 13.2. The molecule has 6 nitrogen and oxygen atoms in total. The minimum atomic E-state index is -1.35. The van der Waals surface area contributed by atoms with Gasteiger partial charge >= 0.3 is 5.97 Å². The number of rotatable bonds is 5. The second kappa shape index (κ2) is 13.0. The van der Waals surface area contributed by atoms with E-state index in [1.54, 1.807) is 6.07 Å². The van der Waals surface area contributed by atoms with E-state index in [0.29, 0.717) is 5.75 Å². The van der Waals surface area contributed by atoms with Crippen LogP contribution < -0.4 is 9.47 Å². The Balaban J connectivity index is 0.000000207. The van der Waals surface area contributed by atoms with Crippen LogP contribution in [0.3, 0.4) is 0 Å². The fraction of sp³-hybridized carbons (Fsp3) is 0.233. The van der Waals surface area contributed by atoms with Gasteiger partial charge in [-0.05, 0) is 34.4 Å². The molecule has 6 rings (SSSR count). The number of pyridine rings is 2. The van der Waals surface area contributed by atoms with Crippen molar-refractivity contribution in [1.82, 2.24) is 9.97 Å². The van der Waals surface area contributed by atoms with Crippen LogP contribution in [0.2, 0.25) is 0 Å². The second-order valence-corrected chi connectivity index (χ2v) is 8.96.